The van der Waals surface area contributed by atoms with Gasteiger partial charge in [-0.25, -0.2) is 17.6 Å². The van der Waals surface area contributed by atoms with Crippen LogP contribution in [0.3, 0.4) is 0 Å². The van der Waals surface area contributed by atoms with E-state index >= 15 is 0 Å². The van der Waals surface area contributed by atoms with Crippen LogP contribution in [-0.2, 0) is 0 Å². The Labute approximate surface area is 195 Å². The van der Waals surface area contributed by atoms with Gasteiger partial charge in [0.2, 0.25) is 0 Å². The van der Waals surface area contributed by atoms with Crippen LogP contribution in [0.1, 0.15) is 95.5 Å². The molecule has 4 rings (SSSR count). The average molecular weight is 461 g/mol. The van der Waals surface area contributed by atoms with Crippen molar-refractivity contribution in [2.75, 3.05) is 0 Å². The predicted molar refractivity (Wildman–Crippen MR) is 126 cm³/mol. The first-order valence-corrected chi connectivity index (χ1v) is 12.9. The minimum atomic E-state index is -0.845. The van der Waals surface area contributed by atoms with Crippen molar-refractivity contribution in [2.24, 2.45) is 17.8 Å². The maximum absolute atomic E-state index is 14.9. The number of hydrogen-bond donors (Lipinski definition) is 0. The second-order valence-corrected chi connectivity index (χ2v) is 10.4. The standard InChI is InChI=1S/C29H36F4/c1-2-3-4-5-6-7-19-8-9-21-13-22(11-10-20(21)12-19)23-16-27(32)29(28(33)17-23)24-14-25(30)18-26(31)15-24/h14-22H,2-13H2,1H3/t19?,20-,21-,22-/m1/s1. The molecule has 2 aliphatic carbocycles. The maximum atomic E-state index is 14.9. The van der Waals surface area contributed by atoms with Gasteiger partial charge in [-0.05, 0) is 91.2 Å². The Morgan fingerprint density at radius 3 is 2.03 bits per heavy atom. The second-order valence-electron chi connectivity index (χ2n) is 10.4. The zero-order valence-electron chi connectivity index (χ0n) is 19.7. The van der Waals surface area contributed by atoms with E-state index < -0.39 is 23.3 Å². The summed E-state index contributed by atoms with van der Waals surface area (Å²) >= 11 is 0. The summed E-state index contributed by atoms with van der Waals surface area (Å²) in [5, 5.41) is 0. The summed E-state index contributed by atoms with van der Waals surface area (Å²) in [6.45, 7) is 2.25. The van der Waals surface area contributed by atoms with E-state index in [4.69, 9.17) is 0 Å². The van der Waals surface area contributed by atoms with E-state index in [-0.39, 0.29) is 17.0 Å². The van der Waals surface area contributed by atoms with E-state index in [1.54, 1.807) is 0 Å². The number of halogens is 4. The Balaban J connectivity index is 1.38. The summed E-state index contributed by atoms with van der Waals surface area (Å²) < 4.78 is 57.0. The molecule has 2 saturated carbocycles. The molecular weight excluding hydrogens is 424 g/mol. The first kappa shape index (κ1) is 24.3. The first-order chi connectivity index (χ1) is 15.9. The van der Waals surface area contributed by atoms with Crippen LogP contribution in [0.5, 0.6) is 0 Å². The van der Waals surface area contributed by atoms with Crippen LogP contribution < -0.4 is 0 Å². The SMILES string of the molecule is CCCCCCCC1CC[C@@H]2C[C@H](c3cc(F)c(-c4cc(F)cc(F)c4)c(F)c3)CC[C@@H]2C1. The molecule has 0 radical (unpaired) electrons. The van der Waals surface area contributed by atoms with Crippen LogP contribution in [0.25, 0.3) is 11.1 Å². The van der Waals surface area contributed by atoms with E-state index in [0.717, 1.165) is 43.2 Å². The molecule has 2 aromatic rings. The summed E-state index contributed by atoms with van der Waals surface area (Å²) in [6.07, 6.45) is 15.0. The number of unbranched alkanes of at least 4 members (excludes halogenated alkanes) is 4. The smallest absolute Gasteiger partial charge is 0.134 e. The molecule has 2 aromatic carbocycles. The molecule has 0 bridgehead atoms. The van der Waals surface area contributed by atoms with E-state index in [1.807, 2.05) is 0 Å². The summed E-state index contributed by atoms with van der Waals surface area (Å²) in [5.74, 6) is -0.786. The summed E-state index contributed by atoms with van der Waals surface area (Å²) in [4.78, 5) is 0. The number of hydrogen-bond acceptors (Lipinski definition) is 0. The van der Waals surface area contributed by atoms with Crippen LogP contribution >= 0.6 is 0 Å². The van der Waals surface area contributed by atoms with Crippen molar-refractivity contribution < 1.29 is 17.6 Å². The van der Waals surface area contributed by atoms with Crippen LogP contribution in [0.2, 0.25) is 0 Å². The monoisotopic (exact) mass is 460 g/mol. The highest BCUT2D eigenvalue weighted by Crippen LogP contribution is 2.49. The Bertz CT molecular complexity index is 894. The number of benzene rings is 2. The molecule has 33 heavy (non-hydrogen) atoms. The largest absolute Gasteiger partial charge is 0.207 e. The quantitative estimate of drug-likeness (QED) is 0.272. The highest BCUT2D eigenvalue weighted by Gasteiger charge is 2.36. The molecule has 2 fully saturated rings. The van der Waals surface area contributed by atoms with Gasteiger partial charge < -0.3 is 0 Å². The number of rotatable bonds is 8. The molecule has 0 amide bonds. The average Bonchev–Trinajstić information content (AvgIpc) is 2.77. The van der Waals surface area contributed by atoms with Crippen LogP contribution in [0.4, 0.5) is 17.6 Å². The van der Waals surface area contributed by atoms with E-state index in [2.05, 4.69) is 6.92 Å². The topological polar surface area (TPSA) is 0 Å². The van der Waals surface area contributed by atoms with Gasteiger partial charge in [0.1, 0.15) is 23.3 Å². The summed E-state index contributed by atoms with van der Waals surface area (Å²) in [7, 11) is 0. The van der Waals surface area contributed by atoms with Gasteiger partial charge >= 0.3 is 0 Å². The van der Waals surface area contributed by atoms with Crippen molar-refractivity contribution in [1.82, 2.24) is 0 Å². The van der Waals surface area contributed by atoms with Crippen LogP contribution in [-0.4, -0.2) is 0 Å². The van der Waals surface area contributed by atoms with Gasteiger partial charge in [-0.3, -0.25) is 0 Å². The van der Waals surface area contributed by atoms with Crippen LogP contribution in [0, 0.1) is 41.0 Å². The second kappa shape index (κ2) is 11.1. The van der Waals surface area contributed by atoms with E-state index in [1.165, 1.54) is 69.9 Å². The predicted octanol–water partition coefficient (Wildman–Crippen LogP) is 9.57. The molecule has 0 saturated heterocycles. The van der Waals surface area contributed by atoms with Crippen molar-refractivity contribution in [1.29, 1.82) is 0 Å². The molecule has 2 aliphatic rings. The zero-order valence-corrected chi connectivity index (χ0v) is 19.7. The maximum Gasteiger partial charge on any atom is 0.134 e. The minimum Gasteiger partial charge on any atom is -0.207 e. The fourth-order valence-electron chi connectivity index (χ4n) is 6.39. The molecule has 0 spiro atoms. The molecule has 0 nitrogen and oxygen atoms in total. The third-order valence-corrected chi connectivity index (χ3v) is 8.12. The Morgan fingerprint density at radius 1 is 0.697 bits per heavy atom. The lowest BCUT2D eigenvalue weighted by molar-refractivity contribution is 0.113. The minimum absolute atomic E-state index is 0.106. The lowest BCUT2D eigenvalue weighted by Gasteiger charge is -2.42. The molecule has 0 N–H and O–H groups in total. The van der Waals surface area contributed by atoms with Gasteiger partial charge in [0.05, 0.1) is 5.56 Å². The van der Waals surface area contributed by atoms with Gasteiger partial charge in [-0.2, -0.15) is 0 Å². The third-order valence-electron chi connectivity index (χ3n) is 8.12. The van der Waals surface area contributed by atoms with Crippen molar-refractivity contribution in [3.8, 4) is 11.1 Å². The first-order valence-electron chi connectivity index (χ1n) is 12.9. The van der Waals surface area contributed by atoms with Gasteiger partial charge in [0.25, 0.3) is 0 Å². The molecule has 0 heterocycles. The van der Waals surface area contributed by atoms with Gasteiger partial charge in [-0.1, -0.05) is 51.9 Å². The molecule has 0 aliphatic heterocycles. The van der Waals surface area contributed by atoms with Gasteiger partial charge in [0.15, 0.2) is 0 Å². The van der Waals surface area contributed by atoms with E-state index in [9.17, 15) is 17.6 Å². The summed E-state index contributed by atoms with van der Waals surface area (Å²) in [6, 6.07) is 5.41. The number of fused-ring (bicyclic) bond motifs is 1. The fourth-order valence-corrected chi connectivity index (χ4v) is 6.39. The Hall–Kier alpha value is -1.84. The molecule has 4 heteroatoms. The van der Waals surface area contributed by atoms with Gasteiger partial charge in [0, 0.05) is 6.07 Å². The lowest BCUT2D eigenvalue weighted by Crippen LogP contribution is -2.30. The zero-order chi connectivity index (χ0) is 23.4. The lowest BCUT2D eigenvalue weighted by atomic mass is 9.63. The normalized spacial score (nSPS) is 25.1. The van der Waals surface area contributed by atoms with Gasteiger partial charge in [-0.15, -0.1) is 0 Å². The molecule has 0 aromatic heterocycles. The van der Waals surface area contributed by atoms with Crippen molar-refractivity contribution >= 4 is 0 Å². The Morgan fingerprint density at radius 2 is 1.33 bits per heavy atom. The van der Waals surface area contributed by atoms with E-state index in [0.29, 0.717) is 17.5 Å². The highest BCUT2D eigenvalue weighted by atomic mass is 19.1. The Kier molecular flexibility index (Phi) is 8.14. The van der Waals surface area contributed by atoms with Crippen molar-refractivity contribution in [2.45, 2.75) is 89.9 Å². The highest BCUT2D eigenvalue weighted by molar-refractivity contribution is 5.65. The molecule has 1 unspecified atom stereocenters. The molecule has 4 atom stereocenters. The molecular formula is C29H36F4. The van der Waals surface area contributed by atoms with Crippen molar-refractivity contribution in [3.05, 3.63) is 59.2 Å². The van der Waals surface area contributed by atoms with Crippen molar-refractivity contribution in [3.63, 3.8) is 0 Å². The fraction of sp³-hybridized carbons (Fsp3) is 0.586. The summed E-state index contributed by atoms with van der Waals surface area (Å²) in [5.41, 5.74) is 0.221. The third kappa shape index (κ3) is 6.00. The van der Waals surface area contributed by atoms with Crippen LogP contribution in [0.15, 0.2) is 30.3 Å². The molecule has 180 valence electrons.